The second-order valence-corrected chi connectivity index (χ2v) is 22.2. The molecule has 3 aromatic rings. The molecule has 6 aliphatic carbocycles. The molecule has 0 aliphatic heterocycles. The van der Waals surface area contributed by atoms with Gasteiger partial charge in [0.25, 0.3) is 0 Å². The number of hydrogen-bond donors (Lipinski definition) is 0. The van der Waals surface area contributed by atoms with Gasteiger partial charge in [-0.25, -0.2) is 0 Å². The number of allylic oxidation sites excluding steroid dienone is 4. The molecular formula is C42H48Cl2Zr. The van der Waals surface area contributed by atoms with Crippen molar-refractivity contribution in [3.05, 3.63) is 115 Å². The normalized spacial score (nSPS) is 29.3. The van der Waals surface area contributed by atoms with Crippen molar-refractivity contribution >= 4 is 3.21 Å². The third-order valence-corrected chi connectivity index (χ3v) is 21.8. The average Bonchev–Trinajstić information content (AvgIpc) is 3.50. The molecule has 3 aromatic carbocycles. The topological polar surface area (TPSA) is 0 Å². The van der Waals surface area contributed by atoms with E-state index in [0.29, 0.717) is 15.0 Å². The molecule has 0 N–H and O–H groups in total. The van der Waals surface area contributed by atoms with Gasteiger partial charge in [0.15, 0.2) is 0 Å². The molecule has 234 valence electrons. The summed E-state index contributed by atoms with van der Waals surface area (Å²) >= 11 is -2.54. The van der Waals surface area contributed by atoms with E-state index in [9.17, 15) is 0 Å². The summed E-state index contributed by atoms with van der Waals surface area (Å²) in [6.45, 7) is 17.0. The van der Waals surface area contributed by atoms with E-state index in [4.69, 9.17) is 0 Å². The fraction of sp³-hybridized carbons (Fsp3) is 0.452. The second kappa shape index (κ2) is 12.2. The third-order valence-electron chi connectivity index (χ3n) is 13.1. The molecular weight excluding hydrogens is 667 g/mol. The minimum Gasteiger partial charge on any atom is -1.00 e. The van der Waals surface area contributed by atoms with Gasteiger partial charge in [-0.1, -0.05) is 0 Å². The van der Waals surface area contributed by atoms with E-state index < -0.39 is 21.3 Å². The molecule has 4 bridgehead atoms. The Kier molecular flexibility index (Phi) is 9.03. The summed E-state index contributed by atoms with van der Waals surface area (Å²) in [5, 5.41) is 0. The van der Waals surface area contributed by atoms with E-state index in [-0.39, 0.29) is 24.8 Å². The van der Waals surface area contributed by atoms with Crippen molar-refractivity contribution in [1.29, 1.82) is 0 Å². The van der Waals surface area contributed by atoms with Gasteiger partial charge in [-0.2, -0.15) is 0 Å². The molecule has 0 radical (unpaired) electrons. The Bertz CT molecular complexity index is 1670. The summed E-state index contributed by atoms with van der Waals surface area (Å²) in [6, 6.07) is 21.7. The molecule has 0 spiro atoms. The van der Waals surface area contributed by atoms with E-state index in [1.54, 1.807) is 19.9 Å². The van der Waals surface area contributed by atoms with Gasteiger partial charge in [0.2, 0.25) is 0 Å². The fourth-order valence-corrected chi connectivity index (χ4v) is 19.5. The largest absolute Gasteiger partial charge is 1.00 e. The second-order valence-electron chi connectivity index (χ2n) is 15.5. The zero-order valence-electron chi connectivity index (χ0n) is 28.1. The number of rotatable bonds is 4. The van der Waals surface area contributed by atoms with Crippen LogP contribution in [0.5, 0.6) is 0 Å². The van der Waals surface area contributed by atoms with E-state index in [1.807, 2.05) is 3.28 Å². The first-order chi connectivity index (χ1) is 20.6. The number of hydrogen-bond acceptors (Lipinski definition) is 0. The zero-order chi connectivity index (χ0) is 29.8. The van der Waals surface area contributed by atoms with Crippen LogP contribution in [0.2, 0.25) is 0 Å². The summed E-state index contributed by atoms with van der Waals surface area (Å²) in [4.78, 5) is 0. The van der Waals surface area contributed by atoms with Crippen molar-refractivity contribution in [3.8, 4) is 11.1 Å². The summed E-state index contributed by atoms with van der Waals surface area (Å²) in [7, 11) is 0. The van der Waals surface area contributed by atoms with Crippen LogP contribution in [0.3, 0.4) is 0 Å². The molecule has 0 aromatic heterocycles. The molecule has 1 atom stereocenters. The first kappa shape index (κ1) is 33.4. The Hall–Kier alpha value is -1.53. The van der Waals surface area contributed by atoms with Gasteiger partial charge in [0, 0.05) is 0 Å². The van der Waals surface area contributed by atoms with Gasteiger partial charge in [-0.3, -0.25) is 0 Å². The predicted molar refractivity (Wildman–Crippen MR) is 179 cm³/mol. The van der Waals surface area contributed by atoms with Crippen molar-refractivity contribution in [1.82, 2.24) is 0 Å². The van der Waals surface area contributed by atoms with Crippen LogP contribution in [-0.2, 0) is 21.3 Å². The van der Waals surface area contributed by atoms with Crippen LogP contribution >= 0.6 is 0 Å². The van der Waals surface area contributed by atoms with Crippen LogP contribution in [-0.4, -0.2) is 3.21 Å². The predicted octanol–water partition coefficient (Wildman–Crippen LogP) is 4.78. The quantitative estimate of drug-likeness (QED) is 0.366. The molecule has 1 unspecified atom stereocenters. The molecule has 0 amide bonds. The fourth-order valence-electron chi connectivity index (χ4n) is 10.5. The third kappa shape index (κ3) is 5.13. The Morgan fingerprint density at radius 1 is 0.711 bits per heavy atom. The van der Waals surface area contributed by atoms with Gasteiger partial charge in [-0.15, -0.1) is 0 Å². The molecule has 4 saturated carbocycles. The van der Waals surface area contributed by atoms with Crippen LogP contribution in [0, 0.1) is 62.7 Å². The monoisotopic (exact) mass is 712 g/mol. The number of aryl methyl sites for hydroxylation is 4. The van der Waals surface area contributed by atoms with Gasteiger partial charge >= 0.3 is 269 Å². The molecule has 3 heteroatoms. The molecule has 0 heterocycles. The maximum absolute atomic E-state index is 2.84. The molecule has 9 rings (SSSR count). The molecule has 0 saturated heterocycles. The number of benzene rings is 3. The van der Waals surface area contributed by atoms with Crippen LogP contribution in [0.1, 0.15) is 95.4 Å². The number of fused-ring (bicyclic) bond motifs is 3. The van der Waals surface area contributed by atoms with Crippen molar-refractivity contribution in [2.75, 3.05) is 0 Å². The van der Waals surface area contributed by atoms with E-state index in [0.717, 1.165) is 23.7 Å². The maximum Gasteiger partial charge on any atom is -1.00 e. The Balaban J connectivity index is 0.00000179. The van der Waals surface area contributed by atoms with Crippen LogP contribution in [0.15, 0.2) is 75.6 Å². The van der Waals surface area contributed by atoms with Crippen molar-refractivity contribution < 1.29 is 46.1 Å². The van der Waals surface area contributed by atoms with E-state index in [1.165, 1.54) is 71.0 Å². The maximum atomic E-state index is 2.84. The standard InChI is InChI=1S/C17H23.C17H17.C8H8.2ClH.Zr/c1-11-3-4-14(5-11)17(2)15-7-12-6-13(9-15)10-16(17)8-12;1-10-5-14-9-15-6-11(2)13(4)8-17(15)16(14)7-12(10)3;1-2-8-6-4-3-5-7-8;;;/h4-5,11-13,15-16H,6-10H2,1-2H3;5-9H,1-4H3;3-7H,1H3;2*1H;/q;;;;;+2/p-2. The number of halogens is 2. The smallest absolute Gasteiger partial charge is 1.00 e. The molecule has 0 nitrogen and oxygen atoms in total. The minimum absolute atomic E-state index is 0. The van der Waals surface area contributed by atoms with Gasteiger partial charge in [0.05, 0.1) is 0 Å². The Morgan fingerprint density at radius 2 is 1.20 bits per heavy atom. The SMILES string of the molecule is C/[C](c1ccccc1)=[Zr+2](/[C]1=CC(C2(C)C3CC4CC(C3)CC2C4)=CC1C)[CH]1c2cc(C)c(C)cc2-c2cc(C)c(C)cc21.[Cl-].[Cl-]. The average molecular weight is 715 g/mol. The summed E-state index contributed by atoms with van der Waals surface area (Å²) in [6.07, 6.45) is 13.1. The molecule has 45 heavy (non-hydrogen) atoms. The zero-order valence-corrected chi connectivity index (χ0v) is 32.1. The van der Waals surface area contributed by atoms with Gasteiger partial charge in [0.1, 0.15) is 0 Å². The van der Waals surface area contributed by atoms with Crippen molar-refractivity contribution in [3.63, 3.8) is 0 Å². The Labute approximate surface area is 292 Å². The first-order valence-corrected chi connectivity index (χ1v) is 20.9. The van der Waals surface area contributed by atoms with Crippen molar-refractivity contribution in [2.45, 2.75) is 84.2 Å². The van der Waals surface area contributed by atoms with Crippen LogP contribution in [0.4, 0.5) is 0 Å². The van der Waals surface area contributed by atoms with Crippen LogP contribution < -0.4 is 24.8 Å². The summed E-state index contributed by atoms with van der Waals surface area (Å²) in [5.74, 6) is 4.37. The molecule has 6 aliphatic rings. The van der Waals surface area contributed by atoms with Crippen molar-refractivity contribution in [2.24, 2.45) is 35.0 Å². The molecule has 4 fully saturated rings. The summed E-state index contributed by atoms with van der Waals surface area (Å²) < 4.78 is 4.08. The summed E-state index contributed by atoms with van der Waals surface area (Å²) in [5.41, 5.74) is 15.6. The van der Waals surface area contributed by atoms with Crippen LogP contribution in [0.25, 0.3) is 11.1 Å². The van der Waals surface area contributed by atoms with E-state index in [2.05, 4.69) is 115 Å². The Morgan fingerprint density at radius 3 is 1.71 bits per heavy atom. The van der Waals surface area contributed by atoms with E-state index >= 15 is 0 Å². The van der Waals surface area contributed by atoms with Gasteiger partial charge < -0.3 is 24.8 Å². The van der Waals surface area contributed by atoms with Gasteiger partial charge in [-0.05, 0) is 0 Å². The first-order valence-electron chi connectivity index (χ1n) is 17.1. The minimum atomic E-state index is -2.54.